The molecule has 0 bridgehead atoms. The third kappa shape index (κ3) is 2.80. The van der Waals surface area contributed by atoms with Gasteiger partial charge in [-0.3, -0.25) is 0 Å². The van der Waals surface area contributed by atoms with Crippen molar-refractivity contribution in [1.82, 2.24) is 9.97 Å². The molecule has 2 aromatic heterocycles. The Kier molecular flexibility index (Phi) is 3.81. The van der Waals surface area contributed by atoms with Crippen molar-refractivity contribution < 1.29 is 4.42 Å². The van der Waals surface area contributed by atoms with Crippen LogP contribution in [-0.4, -0.2) is 9.97 Å². The molecular formula is C16H22N2O. The molecule has 1 aliphatic rings. The molecule has 0 spiro atoms. The highest BCUT2D eigenvalue weighted by molar-refractivity contribution is 5.67. The fraction of sp³-hybridized carbons (Fsp3) is 0.625. The molecule has 3 nitrogen and oxygen atoms in total. The molecule has 1 fully saturated rings. The van der Waals surface area contributed by atoms with Gasteiger partial charge in [-0.2, -0.15) is 0 Å². The van der Waals surface area contributed by atoms with E-state index in [1.54, 1.807) is 6.20 Å². The van der Waals surface area contributed by atoms with E-state index in [1.807, 2.05) is 12.1 Å². The van der Waals surface area contributed by atoms with E-state index in [9.17, 15) is 0 Å². The molecule has 0 aromatic carbocycles. The first kappa shape index (κ1) is 12.6. The molecule has 0 N–H and O–H groups in total. The van der Waals surface area contributed by atoms with Crippen molar-refractivity contribution in [3.05, 3.63) is 24.2 Å². The topological polar surface area (TPSA) is 38.9 Å². The summed E-state index contributed by atoms with van der Waals surface area (Å²) in [6, 6.07) is 3.89. The zero-order chi connectivity index (χ0) is 13.1. The van der Waals surface area contributed by atoms with Gasteiger partial charge >= 0.3 is 0 Å². The number of pyridine rings is 1. The van der Waals surface area contributed by atoms with Gasteiger partial charge in [0.2, 0.25) is 11.6 Å². The third-order valence-corrected chi connectivity index (χ3v) is 4.34. The number of hydrogen-bond donors (Lipinski definition) is 0. The lowest BCUT2D eigenvalue weighted by Crippen LogP contribution is -2.13. The predicted molar refractivity (Wildman–Crippen MR) is 76.0 cm³/mol. The Balaban J connectivity index is 1.64. The second-order valence-corrected chi connectivity index (χ2v) is 5.74. The Bertz CT molecular complexity index is 493. The van der Waals surface area contributed by atoms with E-state index >= 15 is 0 Å². The largest absolute Gasteiger partial charge is 0.422 e. The van der Waals surface area contributed by atoms with Crippen LogP contribution < -0.4 is 0 Å². The molecule has 0 radical (unpaired) electrons. The van der Waals surface area contributed by atoms with Crippen LogP contribution in [0.1, 0.15) is 63.7 Å². The fourth-order valence-electron chi connectivity index (χ4n) is 3.15. The molecule has 2 heterocycles. The van der Waals surface area contributed by atoms with Crippen LogP contribution in [0.5, 0.6) is 0 Å². The molecule has 2 aromatic rings. The average Bonchev–Trinajstić information content (AvgIpc) is 2.89. The third-order valence-electron chi connectivity index (χ3n) is 4.34. The van der Waals surface area contributed by atoms with Crippen LogP contribution >= 0.6 is 0 Å². The fourth-order valence-corrected chi connectivity index (χ4v) is 3.15. The van der Waals surface area contributed by atoms with Crippen LogP contribution in [-0.2, 0) is 0 Å². The van der Waals surface area contributed by atoms with Crippen molar-refractivity contribution in [2.75, 3.05) is 0 Å². The number of unbranched alkanes of at least 4 members (excludes halogenated alkanes) is 1. The van der Waals surface area contributed by atoms with E-state index in [0.717, 1.165) is 17.3 Å². The summed E-state index contributed by atoms with van der Waals surface area (Å²) in [4.78, 5) is 8.82. The molecule has 0 aliphatic heterocycles. The summed E-state index contributed by atoms with van der Waals surface area (Å²) >= 11 is 0. The smallest absolute Gasteiger partial charge is 0.246 e. The van der Waals surface area contributed by atoms with Gasteiger partial charge in [0.1, 0.15) is 5.52 Å². The average molecular weight is 258 g/mol. The number of fused-ring (bicyclic) bond motifs is 1. The van der Waals surface area contributed by atoms with E-state index in [-0.39, 0.29) is 0 Å². The van der Waals surface area contributed by atoms with Crippen LogP contribution in [0.25, 0.3) is 11.2 Å². The highest BCUT2D eigenvalue weighted by Gasteiger charge is 2.25. The highest BCUT2D eigenvalue weighted by Crippen LogP contribution is 2.37. The molecule has 3 rings (SSSR count). The summed E-state index contributed by atoms with van der Waals surface area (Å²) in [7, 11) is 0. The summed E-state index contributed by atoms with van der Waals surface area (Å²) in [6.07, 6.45) is 11.0. The second-order valence-electron chi connectivity index (χ2n) is 5.74. The summed E-state index contributed by atoms with van der Waals surface area (Å²) in [5, 5.41) is 0. The van der Waals surface area contributed by atoms with Gasteiger partial charge in [0.05, 0.1) is 0 Å². The summed E-state index contributed by atoms with van der Waals surface area (Å²) in [5.74, 6) is 2.34. The van der Waals surface area contributed by atoms with Gasteiger partial charge in [-0.15, -0.1) is 0 Å². The lowest BCUT2D eigenvalue weighted by molar-refractivity contribution is 0.280. The minimum absolute atomic E-state index is 0.507. The summed E-state index contributed by atoms with van der Waals surface area (Å²) < 4.78 is 5.80. The van der Waals surface area contributed by atoms with E-state index in [4.69, 9.17) is 4.42 Å². The van der Waals surface area contributed by atoms with Crippen molar-refractivity contribution in [3.63, 3.8) is 0 Å². The van der Waals surface area contributed by atoms with Crippen molar-refractivity contribution in [1.29, 1.82) is 0 Å². The number of aromatic nitrogens is 2. The van der Waals surface area contributed by atoms with Gasteiger partial charge in [-0.25, -0.2) is 9.97 Å². The lowest BCUT2D eigenvalue weighted by atomic mass is 9.80. The Morgan fingerprint density at radius 1 is 1.26 bits per heavy atom. The number of oxazole rings is 1. The Morgan fingerprint density at radius 2 is 2.11 bits per heavy atom. The molecule has 1 saturated carbocycles. The molecule has 0 saturated heterocycles. The molecule has 1 aliphatic carbocycles. The monoisotopic (exact) mass is 258 g/mol. The highest BCUT2D eigenvalue weighted by atomic mass is 16.4. The van der Waals surface area contributed by atoms with Crippen molar-refractivity contribution in [3.8, 4) is 0 Å². The van der Waals surface area contributed by atoms with Crippen LogP contribution in [0, 0.1) is 5.92 Å². The Hall–Kier alpha value is -1.38. The number of nitrogens with zero attached hydrogens (tertiary/aromatic N) is 2. The number of hydrogen-bond acceptors (Lipinski definition) is 3. The van der Waals surface area contributed by atoms with Gasteiger partial charge in [-0.1, -0.05) is 26.2 Å². The normalized spacial score (nSPS) is 23.8. The van der Waals surface area contributed by atoms with Crippen molar-refractivity contribution in [2.45, 2.75) is 57.8 Å². The maximum atomic E-state index is 5.80. The first-order valence-corrected chi connectivity index (χ1v) is 7.58. The predicted octanol–water partition coefficient (Wildman–Crippen LogP) is 4.69. The van der Waals surface area contributed by atoms with E-state index in [1.165, 1.54) is 44.9 Å². The van der Waals surface area contributed by atoms with Crippen LogP contribution in [0.15, 0.2) is 22.7 Å². The summed E-state index contributed by atoms with van der Waals surface area (Å²) in [6.45, 7) is 2.27. The maximum absolute atomic E-state index is 5.80. The van der Waals surface area contributed by atoms with Crippen LogP contribution in [0.2, 0.25) is 0 Å². The minimum Gasteiger partial charge on any atom is -0.422 e. The van der Waals surface area contributed by atoms with Crippen LogP contribution in [0.4, 0.5) is 0 Å². The van der Waals surface area contributed by atoms with Gasteiger partial charge < -0.3 is 4.42 Å². The molecule has 0 amide bonds. The van der Waals surface area contributed by atoms with Crippen LogP contribution in [0.3, 0.4) is 0 Å². The number of rotatable bonds is 4. The van der Waals surface area contributed by atoms with Gasteiger partial charge in [-0.05, 0) is 43.7 Å². The SMILES string of the molecule is CCCCC1CCC(c2nc3cccnc3o2)CC1. The molecular weight excluding hydrogens is 236 g/mol. The quantitative estimate of drug-likeness (QED) is 0.798. The first-order valence-electron chi connectivity index (χ1n) is 7.58. The molecule has 102 valence electrons. The minimum atomic E-state index is 0.507. The van der Waals surface area contributed by atoms with Gasteiger partial charge in [0, 0.05) is 12.1 Å². The molecule has 19 heavy (non-hydrogen) atoms. The summed E-state index contributed by atoms with van der Waals surface area (Å²) in [5.41, 5.74) is 1.58. The van der Waals surface area contributed by atoms with E-state index < -0.39 is 0 Å². The maximum Gasteiger partial charge on any atom is 0.246 e. The zero-order valence-electron chi connectivity index (χ0n) is 11.6. The zero-order valence-corrected chi connectivity index (χ0v) is 11.6. The Labute approximate surface area is 114 Å². The van der Waals surface area contributed by atoms with E-state index in [2.05, 4.69) is 16.9 Å². The second kappa shape index (κ2) is 5.72. The van der Waals surface area contributed by atoms with Crippen molar-refractivity contribution in [2.24, 2.45) is 5.92 Å². The van der Waals surface area contributed by atoms with E-state index in [0.29, 0.717) is 11.6 Å². The first-order chi connectivity index (χ1) is 9.36. The lowest BCUT2D eigenvalue weighted by Gasteiger charge is -2.26. The molecule has 0 unspecified atom stereocenters. The van der Waals surface area contributed by atoms with Crippen molar-refractivity contribution >= 4 is 11.2 Å². The standard InChI is InChI=1S/C16H22N2O/c1-2-3-5-12-7-9-13(10-8-12)15-18-14-6-4-11-17-16(14)19-15/h4,6,11-13H,2-3,5,7-10H2,1H3. The van der Waals surface area contributed by atoms with Gasteiger partial charge in [0.15, 0.2) is 0 Å². The molecule has 3 heteroatoms. The van der Waals surface area contributed by atoms with Gasteiger partial charge in [0.25, 0.3) is 0 Å². The molecule has 0 atom stereocenters. The Morgan fingerprint density at radius 3 is 2.84 bits per heavy atom.